The molecular formula is C13H19BrN2S. The van der Waals surface area contributed by atoms with Gasteiger partial charge >= 0.3 is 0 Å². The topological polar surface area (TPSA) is 29.3 Å². The van der Waals surface area contributed by atoms with Gasteiger partial charge in [0.15, 0.2) is 0 Å². The summed E-state index contributed by atoms with van der Waals surface area (Å²) in [6, 6.07) is 8.30. The molecule has 1 unspecified atom stereocenters. The van der Waals surface area contributed by atoms with Crippen LogP contribution >= 0.6 is 28.1 Å². The Morgan fingerprint density at radius 2 is 2.12 bits per heavy atom. The van der Waals surface area contributed by atoms with Crippen molar-refractivity contribution >= 4 is 33.1 Å². The number of rotatable bonds is 6. The lowest BCUT2D eigenvalue weighted by molar-refractivity contribution is 0.263. The number of hydrogen-bond donors (Lipinski definition) is 1. The first-order valence-corrected chi connectivity index (χ1v) is 6.99. The van der Waals surface area contributed by atoms with E-state index in [1.807, 2.05) is 6.07 Å². The van der Waals surface area contributed by atoms with Crippen LogP contribution in [-0.4, -0.2) is 23.0 Å². The Kier molecular flexibility index (Phi) is 6.09. The van der Waals surface area contributed by atoms with E-state index in [1.165, 1.54) is 5.56 Å². The van der Waals surface area contributed by atoms with Gasteiger partial charge in [-0.05, 0) is 18.2 Å². The van der Waals surface area contributed by atoms with Gasteiger partial charge in [0.25, 0.3) is 0 Å². The molecule has 2 nitrogen and oxygen atoms in total. The fourth-order valence-electron chi connectivity index (χ4n) is 1.65. The largest absolute Gasteiger partial charge is 0.393 e. The fraction of sp³-hybridized carbons (Fsp3) is 0.462. The van der Waals surface area contributed by atoms with Gasteiger partial charge in [-0.25, -0.2) is 0 Å². The minimum atomic E-state index is 0.257. The van der Waals surface area contributed by atoms with Crippen LogP contribution in [0.4, 0.5) is 0 Å². The maximum absolute atomic E-state index is 5.66. The van der Waals surface area contributed by atoms with Crippen molar-refractivity contribution in [2.45, 2.75) is 20.4 Å². The summed E-state index contributed by atoms with van der Waals surface area (Å²) in [7, 11) is 0. The monoisotopic (exact) mass is 314 g/mol. The van der Waals surface area contributed by atoms with Gasteiger partial charge in [0.05, 0.1) is 4.99 Å². The zero-order valence-electron chi connectivity index (χ0n) is 10.3. The third-order valence-electron chi connectivity index (χ3n) is 2.82. The molecular weight excluding hydrogens is 296 g/mol. The van der Waals surface area contributed by atoms with E-state index in [0.717, 1.165) is 24.1 Å². The van der Waals surface area contributed by atoms with Gasteiger partial charge in [0.2, 0.25) is 0 Å². The highest BCUT2D eigenvalue weighted by atomic mass is 79.9. The molecule has 0 amide bonds. The zero-order chi connectivity index (χ0) is 12.8. The summed E-state index contributed by atoms with van der Waals surface area (Å²) in [5, 5.41) is 0. The standard InChI is InChI=1S/C13H19BrN2S/c1-3-16(8-10(2)13(15)17)9-11-6-4-5-7-12(11)14/h4-7,10H,3,8-9H2,1-2H3,(H2,15,17). The molecule has 1 aromatic rings. The van der Waals surface area contributed by atoms with Gasteiger partial charge in [0, 0.05) is 23.5 Å². The van der Waals surface area contributed by atoms with E-state index in [2.05, 4.69) is 52.9 Å². The Morgan fingerprint density at radius 3 is 2.65 bits per heavy atom. The van der Waals surface area contributed by atoms with Gasteiger partial charge in [-0.15, -0.1) is 0 Å². The molecule has 0 heterocycles. The summed E-state index contributed by atoms with van der Waals surface area (Å²) in [6.45, 7) is 7.06. The lowest BCUT2D eigenvalue weighted by atomic mass is 10.1. The maximum atomic E-state index is 5.66. The first-order valence-electron chi connectivity index (χ1n) is 5.79. The Bertz CT molecular complexity index is 381. The molecule has 0 saturated heterocycles. The van der Waals surface area contributed by atoms with E-state index in [-0.39, 0.29) is 5.92 Å². The first kappa shape index (κ1) is 14.6. The molecule has 94 valence electrons. The third kappa shape index (κ3) is 4.74. The first-order chi connectivity index (χ1) is 8.04. The van der Waals surface area contributed by atoms with E-state index in [0.29, 0.717) is 4.99 Å². The molecule has 1 atom stereocenters. The average molecular weight is 315 g/mol. The number of nitrogens with zero attached hydrogens (tertiary/aromatic N) is 1. The molecule has 1 rings (SSSR count). The minimum absolute atomic E-state index is 0.257. The summed E-state index contributed by atoms with van der Waals surface area (Å²) >= 11 is 8.59. The van der Waals surface area contributed by atoms with Crippen LogP contribution in [0.1, 0.15) is 19.4 Å². The van der Waals surface area contributed by atoms with Crippen molar-refractivity contribution in [1.29, 1.82) is 0 Å². The van der Waals surface area contributed by atoms with Gasteiger partial charge in [0.1, 0.15) is 0 Å². The van der Waals surface area contributed by atoms with Crippen molar-refractivity contribution in [2.24, 2.45) is 11.7 Å². The summed E-state index contributed by atoms with van der Waals surface area (Å²) in [5.41, 5.74) is 6.95. The van der Waals surface area contributed by atoms with Gasteiger partial charge < -0.3 is 5.73 Å². The van der Waals surface area contributed by atoms with Crippen LogP contribution in [0.5, 0.6) is 0 Å². The van der Waals surface area contributed by atoms with Crippen molar-refractivity contribution < 1.29 is 0 Å². The van der Waals surface area contributed by atoms with Crippen LogP contribution in [-0.2, 0) is 6.54 Å². The Labute approximate surface area is 117 Å². The SMILES string of the molecule is CCN(Cc1ccccc1Br)CC(C)C(N)=S. The predicted octanol–water partition coefficient (Wildman–Crippen LogP) is 3.19. The fourth-order valence-corrected chi connectivity index (χ4v) is 2.13. The number of nitrogens with two attached hydrogens (primary N) is 1. The van der Waals surface area contributed by atoms with Crippen LogP contribution in [0, 0.1) is 5.92 Å². The number of benzene rings is 1. The summed E-state index contributed by atoms with van der Waals surface area (Å²) in [4.78, 5) is 2.94. The highest BCUT2D eigenvalue weighted by Gasteiger charge is 2.12. The Morgan fingerprint density at radius 1 is 1.47 bits per heavy atom. The van der Waals surface area contributed by atoms with Gasteiger partial charge in [-0.3, -0.25) is 4.90 Å². The van der Waals surface area contributed by atoms with E-state index in [4.69, 9.17) is 18.0 Å². The number of halogens is 1. The number of thiocarbonyl (C=S) groups is 1. The van der Waals surface area contributed by atoms with E-state index >= 15 is 0 Å². The molecule has 17 heavy (non-hydrogen) atoms. The predicted molar refractivity (Wildman–Crippen MR) is 81.0 cm³/mol. The van der Waals surface area contributed by atoms with Crippen LogP contribution in [0.3, 0.4) is 0 Å². The summed E-state index contributed by atoms with van der Waals surface area (Å²) < 4.78 is 1.15. The molecule has 0 aliphatic rings. The molecule has 0 aromatic heterocycles. The third-order valence-corrected chi connectivity index (χ3v) is 3.99. The second kappa shape index (κ2) is 7.09. The Hall–Kier alpha value is -0.450. The molecule has 0 bridgehead atoms. The van der Waals surface area contributed by atoms with Crippen molar-refractivity contribution in [3.8, 4) is 0 Å². The van der Waals surface area contributed by atoms with E-state index in [9.17, 15) is 0 Å². The molecule has 0 saturated carbocycles. The van der Waals surface area contributed by atoms with Crippen molar-refractivity contribution in [3.63, 3.8) is 0 Å². The second-order valence-corrected chi connectivity index (χ2v) is 5.55. The number of hydrogen-bond acceptors (Lipinski definition) is 2. The second-order valence-electron chi connectivity index (χ2n) is 4.22. The molecule has 2 N–H and O–H groups in total. The normalized spacial score (nSPS) is 12.7. The van der Waals surface area contributed by atoms with Gasteiger partial charge in [-0.2, -0.15) is 0 Å². The van der Waals surface area contributed by atoms with Gasteiger partial charge in [-0.1, -0.05) is 60.2 Å². The van der Waals surface area contributed by atoms with Crippen molar-refractivity contribution in [2.75, 3.05) is 13.1 Å². The van der Waals surface area contributed by atoms with Crippen molar-refractivity contribution in [3.05, 3.63) is 34.3 Å². The quantitative estimate of drug-likeness (QED) is 0.818. The highest BCUT2D eigenvalue weighted by molar-refractivity contribution is 9.10. The average Bonchev–Trinajstić information content (AvgIpc) is 2.30. The Balaban J connectivity index is 2.64. The van der Waals surface area contributed by atoms with Crippen molar-refractivity contribution in [1.82, 2.24) is 4.90 Å². The van der Waals surface area contributed by atoms with Crippen LogP contribution in [0.25, 0.3) is 0 Å². The summed E-state index contributed by atoms with van der Waals surface area (Å²) in [5.74, 6) is 0.257. The molecule has 0 spiro atoms. The molecule has 0 radical (unpaired) electrons. The lowest BCUT2D eigenvalue weighted by Crippen LogP contribution is -2.33. The van der Waals surface area contributed by atoms with Crippen LogP contribution in [0.2, 0.25) is 0 Å². The molecule has 0 aliphatic heterocycles. The molecule has 0 aliphatic carbocycles. The smallest absolute Gasteiger partial charge is 0.0768 e. The minimum Gasteiger partial charge on any atom is -0.393 e. The zero-order valence-corrected chi connectivity index (χ0v) is 12.7. The van der Waals surface area contributed by atoms with Crippen LogP contribution in [0.15, 0.2) is 28.7 Å². The maximum Gasteiger partial charge on any atom is 0.0768 e. The molecule has 4 heteroatoms. The van der Waals surface area contributed by atoms with E-state index < -0.39 is 0 Å². The molecule has 0 fully saturated rings. The molecule has 1 aromatic carbocycles. The van der Waals surface area contributed by atoms with Crippen LogP contribution < -0.4 is 5.73 Å². The highest BCUT2D eigenvalue weighted by Crippen LogP contribution is 2.18. The lowest BCUT2D eigenvalue weighted by Gasteiger charge is -2.24. The summed E-state index contributed by atoms with van der Waals surface area (Å²) in [6.07, 6.45) is 0. The van der Waals surface area contributed by atoms with E-state index in [1.54, 1.807) is 0 Å².